The first-order chi connectivity index (χ1) is 6.42. The second-order valence-corrected chi connectivity index (χ2v) is 4.65. The van der Waals surface area contributed by atoms with Gasteiger partial charge in [-0.25, -0.2) is 0 Å². The monoisotopic (exact) mass is 182 g/mol. The number of fused-ring (bicyclic) bond motifs is 1. The topological polar surface area (TPSA) is 38.0 Å². The predicted octanol–water partition coefficient (Wildman–Crippen LogP) is 1.50. The molecule has 0 aromatic rings. The average Bonchev–Trinajstić information content (AvgIpc) is 2.58. The van der Waals surface area contributed by atoms with Crippen molar-refractivity contribution in [2.75, 3.05) is 13.1 Å². The van der Waals surface area contributed by atoms with E-state index in [1.807, 2.05) is 0 Å². The highest BCUT2D eigenvalue weighted by Gasteiger charge is 2.36. The molecule has 2 heteroatoms. The van der Waals surface area contributed by atoms with Crippen LogP contribution < -0.4 is 11.1 Å². The van der Waals surface area contributed by atoms with Crippen LogP contribution >= 0.6 is 0 Å². The van der Waals surface area contributed by atoms with Crippen LogP contribution in [-0.2, 0) is 0 Å². The molecule has 1 aliphatic carbocycles. The van der Waals surface area contributed by atoms with Crippen molar-refractivity contribution >= 4 is 0 Å². The Kier molecular flexibility index (Phi) is 3.23. The van der Waals surface area contributed by atoms with Gasteiger partial charge in [-0.15, -0.1) is 0 Å². The molecule has 2 rings (SSSR count). The number of nitrogens with one attached hydrogen (secondary N) is 1. The fourth-order valence-corrected chi connectivity index (χ4v) is 3.17. The summed E-state index contributed by atoms with van der Waals surface area (Å²) >= 11 is 0. The molecule has 0 bridgehead atoms. The van der Waals surface area contributed by atoms with Crippen molar-refractivity contribution in [2.24, 2.45) is 17.6 Å². The van der Waals surface area contributed by atoms with E-state index in [-0.39, 0.29) is 0 Å². The molecule has 0 aromatic carbocycles. The quantitative estimate of drug-likeness (QED) is 0.694. The Morgan fingerprint density at radius 3 is 3.00 bits per heavy atom. The lowest BCUT2D eigenvalue weighted by Gasteiger charge is -2.30. The molecule has 0 radical (unpaired) electrons. The van der Waals surface area contributed by atoms with Crippen molar-refractivity contribution < 1.29 is 0 Å². The molecule has 1 saturated carbocycles. The van der Waals surface area contributed by atoms with E-state index in [4.69, 9.17) is 5.73 Å². The Morgan fingerprint density at radius 2 is 2.15 bits per heavy atom. The molecule has 2 fully saturated rings. The highest BCUT2D eigenvalue weighted by molar-refractivity contribution is 4.92. The second-order valence-electron chi connectivity index (χ2n) is 4.65. The SMILES string of the molecule is NCCCC1CCC2CCCNC12. The van der Waals surface area contributed by atoms with Crippen molar-refractivity contribution in [3.05, 3.63) is 0 Å². The fourth-order valence-electron chi connectivity index (χ4n) is 3.17. The first-order valence-electron chi connectivity index (χ1n) is 5.85. The van der Waals surface area contributed by atoms with Gasteiger partial charge in [0.2, 0.25) is 0 Å². The van der Waals surface area contributed by atoms with Gasteiger partial charge in [-0.1, -0.05) is 0 Å². The number of hydrogen-bond donors (Lipinski definition) is 2. The first kappa shape index (κ1) is 9.47. The molecule has 3 N–H and O–H groups in total. The molecule has 0 spiro atoms. The maximum absolute atomic E-state index is 5.55. The lowest BCUT2D eigenvalue weighted by Crippen LogP contribution is -2.42. The standard InChI is InChI=1S/C11H22N2/c12-7-1-3-9-5-6-10-4-2-8-13-11(9)10/h9-11,13H,1-8,12H2. The predicted molar refractivity (Wildman–Crippen MR) is 55.5 cm³/mol. The van der Waals surface area contributed by atoms with Gasteiger partial charge in [-0.05, 0) is 63.5 Å². The van der Waals surface area contributed by atoms with Gasteiger partial charge >= 0.3 is 0 Å². The Labute approximate surface area is 81.3 Å². The van der Waals surface area contributed by atoms with Crippen LogP contribution in [0, 0.1) is 11.8 Å². The maximum Gasteiger partial charge on any atom is 0.0124 e. The Morgan fingerprint density at radius 1 is 1.23 bits per heavy atom. The molecule has 3 unspecified atom stereocenters. The third kappa shape index (κ3) is 2.05. The normalized spacial score (nSPS) is 39.0. The van der Waals surface area contributed by atoms with Gasteiger partial charge < -0.3 is 11.1 Å². The zero-order valence-corrected chi connectivity index (χ0v) is 8.47. The van der Waals surface area contributed by atoms with Gasteiger partial charge in [0.25, 0.3) is 0 Å². The minimum absolute atomic E-state index is 0.847. The summed E-state index contributed by atoms with van der Waals surface area (Å²) in [5, 5.41) is 3.70. The minimum Gasteiger partial charge on any atom is -0.330 e. The Balaban J connectivity index is 1.84. The van der Waals surface area contributed by atoms with Crippen molar-refractivity contribution in [2.45, 2.75) is 44.6 Å². The smallest absolute Gasteiger partial charge is 0.0124 e. The molecule has 13 heavy (non-hydrogen) atoms. The van der Waals surface area contributed by atoms with E-state index < -0.39 is 0 Å². The summed E-state index contributed by atoms with van der Waals surface area (Å²) < 4.78 is 0. The summed E-state index contributed by atoms with van der Waals surface area (Å²) in [6.07, 6.45) is 8.34. The van der Waals surface area contributed by atoms with E-state index >= 15 is 0 Å². The molecule has 1 aliphatic heterocycles. The lowest BCUT2D eigenvalue weighted by molar-refractivity contribution is 0.266. The summed E-state index contributed by atoms with van der Waals surface area (Å²) in [6, 6.07) is 0.847. The zero-order chi connectivity index (χ0) is 9.10. The largest absolute Gasteiger partial charge is 0.330 e. The maximum atomic E-state index is 5.55. The molecule has 0 amide bonds. The molecule has 3 atom stereocenters. The van der Waals surface area contributed by atoms with Gasteiger partial charge in [0, 0.05) is 6.04 Å². The zero-order valence-electron chi connectivity index (χ0n) is 8.47. The van der Waals surface area contributed by atoms with E-state index in [9.17, 15) is 0 Å². The van der Waals surface area contributed by atoms with Crippen LogP contribution in [0.15, 0.2) is 0 Å². The molecule has 76 valence electrons. The number of piperidine rings is 1. The van der Waals surface area contributed by atoms with Crippen molar-refractivity contribution in [1.82, 2.24) is 5.32 Å². The highest BCUT2D eigenvalue weighted by Crippen LogP contribution is 2.38. The van der Waals surface area contributed by atoms with Crippen LogP contribution in [0.25, 0.3) is 0 Å². The summed E-state index contributed by atoms with van der Waals surface area (Å²) in [5.74, 6) is 1.94. The van der Waals surface area contributed by atoms with Gasteiger partial charge in [0.1, 0.15) is 0 Å². The highest BCUT2D eigenvalue weighted by atomic mass is 14.9. The number of rotatable bonds is 3. The van der Waals surface area contributed by atoms with Crippen molar-refractivity contribution in [1.29, 1.82) is 0 Å². The molecule has 2 aliphatic rings. The minimum atomic E-state index is 0.847. The van der Waals surface area contributed by atoms with Crippen molar-refractivity contribution in [3.8, 4) is 0 Å². The van der Waals surface area contributed by atoms with Crippen LogP contribution in [0.5, 0.6) is 0 Å². The Hall–Kier alpha value is -0.0800. The molecular weight excluding hydrogens is 160 g/mol. The van der Waals surface area contributed by atoms with Crippen molar-refractivity contribution in [3.63, 3.8) is 0 Å². The fraction of sp³-hybridized carbons (Fsp3) is 1.00. The van der Waals surface area contributed by atoms with E-state index in [0.717, 1.165) is 24.4 Å². The summed E-state index contributed by atoms with van der Waals surface area (Å²) in [6.45, 7) is 2.12. The van der Waals surface area contributed by atoms with Crippen LogP contribution in [0.2, 0.25) is 0 Å². The first-order valence-corrected chi connectivity index (χ1v) is 5.85. The van der Waals surface area contributed by atoms with Gasteiger partial charge in [-0.3, -0.25) is 0 Å². The third-order valence-electron chi connectivity index (χ3n) is 3.83. The average molecular weight is 182 g/mol. The summed E-state index contributed by atoms with van der Waals surface area (Å²) in [5.41, 5.74) is 5.55. The van der Waals surface area contributed by atoms with Crippen LogP contribution in [-0.4, -0.2) is 19.1 Å². The van der Waals surface area contributed by atoms with Gasteiger partial charge in [-0.2, -0.15) is 0 Å². The third-order valence-corrected chi connectivity index (χ3v) is 3.83. The molecule has 1 heterocycles. The number of nitrogens with two attached hydrogens (primary N) is 1. The van der Waals surface area contributed by atoms with Crippen LogP contribution in [0.4, 0.5) is 0 Å². The molecule has 0 aromatic heterocycles. The lowest BCUT2D eigenvalue weighted by atomic mass is 9.88. The van der Waals surface area contributed by atoms with E-state index in [1.165, 1.54) is 45.1 Å². The second kappa shape index (κ2) is 4.43. The summed E-state index contributed by atoms with van der Waals surface area (Å²) in [7, 11) is 0. The van der Waals surface area contributed by atoms with E-state index in [1.54, 1.807) is 0 Å². The Bertz CT molecular complexity index is 158. The van der Waals surface area contributed by atoms with Crippen LogP contribution in [0.3, 0.4) is 0 Å². The van der Waals surface area contributed by atoms with Gasteiger partial charge in [0.15, 0.2) is 0 Å². The molecular formula is C11H22N2. The summed E-state index contributed by atoms with van der Waals surface area (Å²) in [4.78, 5) is 0. The number of hydrogen-bond acceptors (Lipinski definition) is 2. The molecule has 2 nitrogen and oxygen atoms in total. The van der Waals surface area contributed by atoms with Gasteiger partial charge in [0.05, 0.1) is 0 Å². The van der Waals surface area contributed by atoms with E-state index in [2.05, 4.69) is 5.32 Å². The molecule has 1 saturated heterocycles. The van der Waals surface area contributed by atoms with E-state index in [0.29, 0.717) is 0 Å². The van der Waals surface area contributed by atoms with Crippen LogP contribution in [0.1, 0.15) is 38.5 Å².